The molecule has 1 aromatic heterocycles. The maximum absolute atomic E-state index is 12.9. The third kappa shape index (κ3) is 3.04. The average molecular weight is 290 g/mol. The van der Waals surface area contributed by atoms with E-state index >= 15 is 0 Å². The summed E-state index contributed by atoms with van der Waals surface area (Å²) in [5.41, 5.74) is 0.553. The SMILES string of the molecule is O=C(c1ccc(F)cc1)N(CCc1nccs1)C1CC1. The molecular weight excluding hydrogens is 275 g/mol. The second kappa shape index (κ2) is 5.71. The zero-order valence-electron chi connectivity index (χ0n) is 11.0. The van der Waals surface area contributed by atoms with Gasteiger partial charge >= 0.3 is 0 Å². The van der Waals surface area contributed by atoms with Crippen LogP contribution in [0.15, 0.2) is 35.8 Å². The second-order valence-electron chi connectivity index (χ2n) is 4.91. The lowest BCUT2D eigenvalue weighted by molar-refractivity contribution is 0.0745. The summed E-state index contributed by atoms with van der Waals surface area (Å²) in [4.78, 5) is 18.6. The predicted octanol–water partition coefficient (Wildman–Crippen LogP) is 3.13. The van der Waals surface area contributed by atoms with Crippen LogP contribution in [-0.4, -0.2) is 28.4 Å². The quantitative estimate of drug-likeness (QED) is 0.847. The zero-order chi connectivity index (χ0) is 13.9. The van der Waals surface area contributed by atoms with E-state index in [-0.39, 0.29) is 11.7 Å². The summed E-state index contributed by atoms with van der Waals surface area (Å²) in [5.74, 6) is -0.327. The van der Waals surface area contributed by atoms with Gasteiger partial charge in [0, 0.05) is 36.1 Å². The number of rotatable bonds is 5. The normalized spacial score (nSPS) is 14.2. The van der Waals surface area contributed by atoms with Gasteiger partial charge in [-0.2, -0.15) is 0 Å². The molecule has 0 radical (unpaired) electrons. The Balaban J connectivity index is 1.69. The lowest BCUT2D eigenvalue weighted by atomic mass is 10.2. The van der Waals surface area contributed by atoms with Gasteiger partial charge in [0.2, 0.25) is 0 Å². The molecule has 3 nitrogen and oxygen atoms in total. The molecule has 1 aliphatic carbocycles. The predicted molar refractivity (Wildman–Crippen MR) is 76.3 cm³/mol. The van der Waals surface area contributed by atoms with Gasteiger partial charge in [0.25, 0.3) is 5.91 Å². The molecule has 0 aliphatic heterocycles. The fourth-order valence-corrected chi connectivity index (χ4v) is 2.80. The highest BCUT2D eigenvalue weighted by Crippen LogP contribution is 2.28. The van der Waals surface area contributed by atoms with E-state index in [1.54, 1.807) is 29.7 Å². The summed E-state index contributed by atoms with van der Waals surface area (Å²) >= 11 is 1.61. The fraction of sp³-hybridized carbons (Fsp3) is 0.333. The van der Waals surface area contributed by atoms with Crippen molar-refractivity contribution in [3.8, 4) is 0 Å². The van der Waals surface area contributed by atoms with Gasteiger partial charge in [-0.25, -0.2) is 9.37 Å². The minimum Gasteiger partial charge on any atom is -0.335 e. The van der Waals surface area contributed by atoms with E-state index in [2.05, 4.69) is 4.98 Å². The third-order valence-corrected chi connectivity index (χ3v) is 4.23. The molecule has 1 amide bonds. The van der Waals surface area contributed by atoms with Crippen LogP contribution in [0.2, 0.25) is 0 Å². The molecule has 0 N–H and O–H groups in total. The fourth-order valence-electron chi connectivity index (χ4n) is 2.19. The number of carbonyl (C=O) groups is 1. The van der Waals surface area contributed by atoms with Crippen LogP contribution in [0, 0.1) is 5.82 Å². The van der Waals surface area contributed by atoms with Crippen molar-refractivity contribution in [2.45, 2.75) is 25.3 Å². The molecule has 0 spiro atoms. The number of halogens is 1. The largest absolute Gasteiger partial charge is 0.335 e. The van der Waals surface area contributed by atoms with E-state index in [0.29, 0.717) is 18.2 Å². The van der Waals surface area contributed by atoms with E-state index in [1.165, 1.54) is 12.1 Å². The molecule has 0 bridgehead atoms. The average Bonchev–Trinajstić information content (AvgIpc) is 3.15. The van der Waals surface area contributed by atoms with Gasteiger partial charge in [-0.1, -0.05) is 0 Å². The summed E-state index contributed by atoms with van der Waals surface area (Å²) < 4.78 is 12.9. The minimum absolute atomic E-state index is 0.0101. The zero-order valence-corrected chi connectivity index (χ0v) is 11.8. The molecule has 1 fully saturated rings. The molecule has 1 aliphatic rings. The Morgan fingerprint density at radius 3 is 2.70 bits per heavy atom. The maximum atomic E-state index is 12.9. The second-order valence-corrected chi connectivity index (χ2v) is 5.89. The van der Waals surface area contributed by atoms with E-state index in [9.17, 15) is 9.18 Å². The van der Waals surface area contributed by atoms with Crippen molar-refractivity contribution in [1.82, 2.24) is 9.88 Å². The van der Waals surface area contributed by atoms with Crippen LogP contribution in [0.5, 0.6) is 0 Å². The summed E-state index contributed by atoms with van der Waals surface area (Å²) in [5, 5.41) is 2.99. The number of amides is 1. The minimum atomic E-state index is -0.317. The van der Waals surface area contributed by atoms with Crippen molar-refractivity contribution >= 4 is 17.2 Å². The van der Waals surface area contributed by atoms with E-state index in [0.717, 1.165) is 24.3 Å². The summed E-state index contributed by atoms with van der Waals surface area (Å²) in [6, 6.07) is 6.11. The van der Waals surface area contributed by atoms with Crippen LogP contribution in [0.4, 0.5) is 4.39 Å². The molecule has 1 heterocycles. The van der Waals surface area contributed by atoms with E-state index in [1.807, 2.05) is 10.3 Å². The molecule has 0 unspecified atom stereocenters. The molecule has 5 heteroatoms. The highest BCUT2D eigenvalue weighted by atomic mass is 32.1. The van der Waals surface area contributed by atoms with E-state index < -0.39 is 0 Å². The smallest absolute Gasteiger partial charge is 0.254 e. The number of hydrogen-bond donors (Lipinski definition) is 0. The molecule has 1 saturated carbocycles. The first-order chi connectivity index (χ1) is 9.74. The molecular formula is C15H15FN2OS. The van der Waals surface area contributed by atoms with Gasteiger partial charge in [-0.3, -0.25) is 4.79 Å². The first-order valence-electron chi connectivity index (χ1n) is 6.69. The number of thiazole rings is 1. The number of carbonyl (C=O) groups excluding carboxylic acids is 1. The molecule has 20 heavy (non-hydrogen) atoms. The number of nitrogens with zero attached hydrogens (tertiary/aromatic N) is 2. The van der Waals surface area contributed by atoms with Crippen LogP contribution in [-0.2, 0) is 6.42 Å². The van der Waals surface area contributed by atoms with Gasteiger partial charge in [-0.15, -0.1) is 11.3 Å². The van der Waals surface area contributed by atoms with Crippen molar-refractivity contribution in [3.63, 3.8) is 0 Å². The Kier molecular flexibility index (Phi) is 3.78. The van der Waals surface area contributed by atoms with Crippen molar-refractivity contribution < 1.29 is 9.18 Å². The molecule has 0 atom stereocenters. The van der Waals surface area contributed by atoms with Crippen molar-refractivity contribution in [2.24, 2.45) is 0 Å². The van der Waals surface area contributed by atoms with Crippen LogP contribution < -0.4 is 0 Å². The Hall–Kier alpha value is -1.75. The Bertz CT molecular complexity index is 578. The van der Waals surface area contributed by atoms with Crippen LogP contribution in [0.3, 0.4) is 0 Å². The Morgan fingerprint density at radius 1 is 1.35 bits per heavy atom. The number of hydrogen-bond acceptors (Lipinski definition) is 3. The monoisotopic (exact) mass is 290 g/mol. The molecule has 0 saturated heterocycles. The maximum Gasteiger partial charge on any atom is 0.254 e. The van der Waals surface area contributed by atoms with Gasteiger partial charge in [0.15, 0.2) is 0 Å². The van der Waals surface area contributed by atoms with Gasteiger partial charge < -0.3 is 4.90 Å². The topological polar surface area (TPSA) is 33.2 Å². The number of benzene rings is 1. The Morgan fingerprint density at radius 2 is 2.10 bits per heavy atom. The molecule has 3 rings (SSSR count). The standard InChI is InChI=1S/C15H15FN2OS/c16-12-3-1-11(2-4-12)15(19)18(13-5-6-13)9-7-14-17-8-10-20-14/h1-4,8,10,13H,5-7,9H2. The van der Waals surface area contributed by atoms with Crippen LogP contribution in [0.1, 0.15) is 28.2 Å². The van der Waals surface area contributed by atoms with Crippen molar-refractivity contribution in [1.29, 1.82) is 0 Å². The summed E-state index contributed by atoms with van der Waals surface area (Å²) in [6.07, 6.45) is 4.68. The van der Waals surface area contributed by atoms with Gasteiger partial charge in [0.05, 0.1) is 5.01 Å². The van der Waals surface area contributed by atoms with Gasteiger partial charge in [0.1, 0.15) is 5.82 Å². The lowest BCUT2D eigenvalue weighted by Crippen LogP contribution is -2.34. The van der Waals surface area contributed by atoms with Crippen molar-refractivity contribution in [3.05, 3.63) is 52.2 Å². The summed E-state index contributed by atoms with van der Waals surface area (Å²) in [7, 11) is 0. The highest BCUT2D eigenvalue weighted by Gasteiger charge is 2.32. The highest BCUT2D eigenvalue weighted by molar-refractivity contribution is 7.09. The van der Waals surface area contributed by atoms with E-state index in [4.69, 9.17) is 0 Å². The molecule has 2 aromatic rings. The summed E-state index contributed by atoms with van der Waals surface area (Å²) in [6.45, 7) is 0.675. The first kappa shape index (κ1) is 13.2. The van der Waals surface area contributed by atoms with Crippen LogP contribution in [0.25, 0.3) is 0 Å². The lowest BCUT2D eigenvalue weighted by Gasteiger charge is -2.22. The first-order valence-corrected chi connectivity index (χ1v) is 7.57. The molecule has 1 aromatic carbocycles. The molecule has 104 valence electrons. The third-order valence-electron chi connectivity index (χ3n) is 3.39. The number of aromatic nitrogens is 1. The van der Waals surface area contributed by atoms with Crippen molar-refractivity contribution in [2.75, 3.05) is 6.54 Å². The van der Waals surface area contributed by atoms with Crippen LogP contribution >= 0.6 is 11.3 Å². The van der Waals surface area contributed by atoms with Gasteiger partial charge in [-0.05, 0) is 37.1 Å². The Labute approximate surface area is 121 Å².